The van der Waals surface area contributed by atoms with Gasteiger partial charge in [-0.15, -0.1) is 0 Å². The van der Waals surface area contributed by atoms with Crippen LogP contribution >= 0.6 is 0 Å². The summed E-state index contributed by atoms with van der Waals surface area (Å²) in [5.74, 6) is -2.11. The summed E-state index contributed by atoms with van der Waals surface area (Å²) >= 11 is 0. The van der Waals surface area contributed by atoms with Crippen molar-refractivity contribution in [1.82, 2.24) is 0 Å². The Kier molecular flexibility index (Phi) is 13.6. The van der Waals surface area contributed by atoms with Crippen LogP contribution in [-0.4, -0.2) is 48.1 Å². The van der Waals surface area contributed by atoms with Gasteiger partial charge in [-0.05, 0) is 158 Å². The Morgan fingerprint density at radius 3 is 0.938 bits per heavy atom. The number of hydrogen-bond acceptors (Lipinski definition) is 14. The molecule has 20 heteroatoms. The summed E-state index contributed by atoms with van der Waals surface area (Å²) in [7, 11) is -9.67. The van der Waals surface area contributed by atoms with E-state index >= 15 is 0 Å². The zero-order valence-electron chi connectivity index (χ0n) is 34.2. The fourth-order valence-electron chi connectivity index (χ4n) is 5.86. The van der Waals surface area contributed by atoms with Gasteiger partial charge in [0.1, 0.15) is 9.79 Å². The van der Waals surface area contributed by atoms with Gasteiger partial charge >= 0.3 is 11.9 Å². The minimum absolute atomic E-state index is 0.0317. The van der Waals surface area contributed by atoms with Crippen LogP contribution in [0.3, 0.4) is 0 Å². The molecule has 324 valence electrons. The van der Waals surface area contributed by atoms with Crippen molar-refractivity contribution in [1.29, 1.82) is 0 Å². The number of carbonyl (C=O) groups is 2. The van der Waals surface area contributed by atoms with Crippen molar-refractivity contribution >= 4 is 89.8 Å². The van der Waals surface area contributed by atoms with Gasteiger partial charge < -0.3 is 10.2 Å². The van der Waals surface area contributed by atoms with Crippen molar-refractivity contribution < 1.29 is 45.7 Å². The van der Waals surface area contributed by atoms with E-state index in [9.17, 15) is 35.5 Å². The predicted molar refractivity (Wildman–Crippen MR) is 237 cm³/mol. The summed E-state index contributed by atoms with van der Waals surface area (Å²) in [6.07, 6.45) is 2.49. The Balaban J connectivity index is 1.20. The van der Waals surface area contributed by atoms with E-state index in [1.165, 1.54) is 84.9 Å². The van der Waals surface area contributed by atoms with Crippen molar-refractivity contribution in [3.05, 3.63) is 154 Å². The molecule has 0 radical (unpaired) electrons. The third-order valence-electron chi connectivity index (χ3n) is 9.34. The van der Waals surface area contributed by atoms with E-state index in [0.717, 1.165) is 12.1 Å². The van der Waals surface area contributed by atoms with Gasteiger partial charge in [-0.25, -0.2) is 9.59 Å². The van der Waals surface area contributed by atoms with Gasteiger partial charge in [-0.2, -0.15) is 57.7 Å². The molecule has 0 saturated carbocycles. The smallest absolute Gasteiger partial charge is 0.335 e. The van der Waals surface area contributed by atoms with E-state index in [4.69, 9.17) is 10.2 Å². The first-order chi connectivity index (χ1) is 30.2. The van der Waals surface area contributed by atoms with Crippen LogP contribution < -0.4 is 0 Å². The van der Waals surface area contributed by atoms with Gasteiger partial charge in [0.05, 0.1) is 56.6 Å². The molecule has 18 nitrogen and oxygen atoms in total. The van der Waals surface area contributed by atoms with Crippen LogP contribution in [0, 0.1) is 27.7 Å². The molecule has 0 heterocycles. The predicted octanol–water partition coefficient (Wildman–Crippen LogP) is 12.6. The molecular formula is C44H36N8O10S2. The molecule has 0 unspecified atom stereocenters. The van der Waals surface area contributed by atoms with Crippen LogP contribution in [0.5, 0.6) is 0 Å². The molecule has 0 saturated heterocycles. The minimum Gasteiger partial charge on any atom is -0.478 e. The highest BCUT2D eigenvalue weighted by Gasteiger charge is 2.18. The fourth-order valence-corrected chi connectivity index (χ4v) is 7.27. The number of carboxylic acid groups (broad SMARTS) is 2. The molecule has 0 spiro atoms. The van der Waals surface area contributed by atoms with Gasteiger partial charge in [0.2, 0.25) is 0 Å². The Morgan fingerprint density at radius 1 is 0.406 bits per heavy atom. The Labute approximate surface area is 366 Å². The van der Waals surface area contributed by atoms with E-state index < -0.39 is 42.0 Å². The van der Waals surface area contributed by atoms with Crippen molar-refractivity contribution in [2.24, 2.45) is 40.9 Å². The molecule has 0 atom stereocenters. The van der Waals surface area contributed by atoms with E-state index in [2.05, 4.69) is 40.9 Å². The number of aryl methyl sites for hydroxylation is 4. The monoisotopic (exact) mass is 900 g/mol. The second-order valence-electron chi connectivity index (χ2n) is 14.1. The standard InChI is InChI=1S/C44H36N8O10S2/c1-25-21-39(27(3)19-37(25)49-45-33-13-9-31(10-14-33)43(53)54)51-47-35-17-7-29(41(23-35)63(57,58)59)5-6-30-8-18-36(24-42(30)64(60,61)62)48-52-40-22-26(2)38(20-28(40)4)50-46-34-15-11-32(12-16-34)44(55)56/h5-24H,1-4H3,(H,53,54)(H,55,56)(H,57,58,59)(H,60,61,62)/b6-5-,49-45?,50-46?,51-47?,52-48?. The first-order valence-electron chi connectivity index (χ1n) is 18.7. The second kappa shape index (κ2) is 19.1. The average molecular weight is 901 g/mol. The number of azo groups is 4. The lowest BCUT2D eigenvalue weighted by atomic mass is 10.1. The highest BCUT2D eigenvalue weighted by atomic mass is 32.2. The molecule has 6 aromatic carbocycles. The zero-order valence-corrected chi connectivity index (χ0v) is 35.8. The lowest BCUT2D eigenvalue weighted by Gasteiger charge is -2.07. The van der Waals surface area contributed by atoms with Crippen LogP contribution in [0.1, 0.15) is 54.1 Å². The summed E-state index contributed by atoms with van der Waals surface area (Å²) in [6, 6.07) is 26.4. The molecule has 0 aliphatic heterocycles. The van der Waals surface area contributed by atoms with Gasteiger partial charge in [0.15, 0.2) is 0 Å². The molecule has 0 fully saturated rings. The lowest BCUT2D eigenvalue weighted by Crippen LogP contribution is -2.01. The summed E-state index contributed by atoms with van der Waals surface area (Å²) in [5, 5.41) is 51.9. The zero-order chi connectivity index (χ0) is 46.3. The van der Waals surface area contributed by atoms with Crippen molar-refractivity contribution in [2.75, 3.05) is 0 Å². The van der Waals surface area contributed by atoms with E-state index in [0.29, 0.717) is 56.4 Å². The summed E-state index contributed by atoms with van der Waals surface area (Å²) < 4.78 is 70.2. The third kappa shape index (κ3) is 11.6. The Morgan fingerprint density at radius 2 is 0.672 bits per heavy atom. The number of nitrogens with zero attached hydrogens (tertiary/aromatic N) is 8. The van der Waals surface area contributed by atoms with Crippen LogP contribution in [0.15, 0.2) is 160 Å². The van der Waals surface area contributed by atoms with Crippen molar-refractivity contribution in [2.45, 2.75) is 37.5 Å². The summed E-state index contributed by atoms with van der Waals surface area (Å²) in [5.41, 5.74) is 5.83. The molecule has 4 N–H and O–H groups in total. The number of benzene rings is 6. The fraction of sp³-hybridized carbons (Fsp3) is 0.0909. The van der Waals surface area contributed by atoms with Gasteiger partial charge in [0, 0.05) is 0 Å². The van der Waals surface area contributed by atoms with Gasteiger partial charge in [-0.3, -0.25) is 9.11 Å². The topological polar surface area (TPSA) is 282 Å². The molecule has 6 rings (SSSR count). The van der Waals surface area contributed by atoms with E-state index in [-0.39, 0.29) is 33.6 Å². The highest BCUT2D eigenvalue weighted by molar-refractivity contribution is 7.86. The molecule has 0 amide bonds. The maximum absolute atomic E-state index is 12.5. The first kappa shape index (κ1) is 45.7. The molecule has 0 aromatic heterocycles. The SMILES string of the molecule is Cc1cc(N=Nc2ccc(/C=C\c3ccc(N=Nc4cc(C)c(N=Nc5ccc(C(=O)O)cc5)cc4C)cc3S(=O)(=O)O)c(S(=O)(=O)O)c2)c(C)cc1N=Nc1ccc(C(=O)O)cc1. The Hall–Kier alpha value is -7.78. The molecule has 0 aliphatic rings. The number of aromatic carboxylic acids is 2. The van der Waals surface area contributed by atoms with Crippen LogP contribution in [0.2, 0.25) is 0 Å². The lowest BCUT2D eigenvalue weighted by molar-refractivity contribution is 0.0686. The maximum atomic E-state index is 12.5. The van der Waals surface area contributed by atoms with Crippen molar-refractivity contribution in [3.63, 3.8) is 0 Å². The number of carboxylic acids is 2. The highest BCUT2D eigenvalue weighted by Crippen LogP contribution is 2.34. The van der Waals surface area contributed by atoms with Crippen LogP contribution in [0.4, 0.5) is 45.5 Å². The molecule has 0 bridgehead atoms. The van der Waals surface area contributed by atoms with Gasteiger partial charge in [0.25, 0.3) is 20.2 Å². The number of rotatable bonds is 14. The molecule has 6 aromatic rings. The second-order valence-corrected chi connectivity index (χ2v) is 16.9. The molecular weight excluding hydrogens is 865 g/mol. The van der Waals surface area contributed by atoms with Crippen LogP contribution in [-0.2, 0) is 20.2 Å². The molecule has 0 aliphatic carbocycles. The average Bonchev–Trinajstić information content (AvgIpc) is 3.24. The van der Waals surface area contributed by atoms with Gasteiger partial charge in [-0.1, -0.05) is 24.3 Å². The Bertz CT molecular complexity index is 2990. The quantitative estimate of drug-likeness (QED) is 0.0455. The van der Waals surface area contributed by atoms with E-state index in [1.54, 1.807) is 52.0 Å². The summed E-state index contributed by atoms with van der Waals surface area (Å²) in [6.45, 7) is 7.07. The minimum atomic E-state index is -4.84. The van der Waals surface area contributed by atoms with E-state index in [1.807, 2.05) is 0 Å². The van der Waals surface area contributed by atoms with Crippen molar-refractivity contribution in [3.8, 4) is 0 Å². The third-order valence-corrected chi connectivity index (χ3v) is 11.2. The largest absolute Gasteiger partial charge is 0.478 e. The van der Waals surface area contributed by atoms with Crippen LogP contribution in [0.25, 0.3) is 12.2 Å². The summed E-state index contributed by atoms with van der Waals surface area (Å²) in [4.78, 5) is 21.1. The normalized spacial score (nSPS) is 12.4. The number of hydrogen-bond donors (Lipinski definition) is 4. The molecule has 64 heavy (non-hydrogen) atoms. The maximum Gasteiger partial charge on any atom is 0.335 e. The first-order valence-corrected chi connectivity index (χ1v) is 21.6.